The summed E-state index contributed by atoms with van der Waals surface area (Å²) in [6.07, 6.45) is 0. The van der Waals surface area contributed by atoms with Crippen LogP contribution in [0, 0.1) is 11.8 Å². The number of rotatable bonds is 3. The number of benzene rings is 3. The van der Waals surface area contributed by atoms with Crippen molar-refractivity contribution in [3.8, 4) is 17.6 Å². The van der Waals surface area contributed by atoms with Gasteiger partial charge in [-0.3, -0.25) is 0 Å². The third-order valence-electron chi connectivity index (χ3n) is 3.72. The van der Waals surface area contributed by atoms with Gasteiger partial charge in [-0.05, 0) is 23.3 Å². The fourth-order valence-electron chi connectivity index (χ4n) is 2.55. The van der Waals surface area contributed by atoms with Gasteiger partial charge in [0.15, 0.2) is 0 Å². The zero-order chi connectivity index (χ0) is 15.9. The number of hydrogen-bond acceptors (Lipinski definition) is 1. The van der Waals surface area contributed by atoms with Crippen LogP contribution in [0.1, 0.15) is 22.6 Å². The Morgan fingerprint density at radius 1 is 0.696 bits per heavy atom. The van der Waals surface area contributed by atoms with E-state index in [2.05, 4.69) is 60.4 Å². The van der Waals surface area contributed by atoms with Gasteiger partial charge in [-0.25, -0.2) is 0 Å². The number of ether oxygens (including phenoxy) is 1. The van der Waals surface area contributed by atoms with Gasteiger partial charge >= 0.3 is 0 Å². The Balaban J connectivity index is 2.03. The first-order chi connectivity index (χ1) is 11.4. The molecule has 112 valence electrons. The first-order valence-corrected chi connectivity index (χ1v) is 7.63. The van der Waals surface area contributed by atoms with Gasteiger partial charge in [0.2, 0.25) is 0 Å². The number of methoxy groups -OCH3 is 1. The van der Waals surface area contributed by atoms with Crippen LogP contribution in [0.25, 0.3) is 0 Å². The molecule has 0 heterocycles. The molecular weight excluding hydrogens is 280 g/mol. The minimum atomic E-state index is 0.0438. The predicted octanol–water partition coefficient (Wildman–Crippen LogP) is 4.88. The molecule has 3 rings (SSSR count). The van der Waals surface area contributed by atoms with Crippen molar-refractivity contribution in [1.82, 2.24) is 0 Å². The quantitative estimate of drug-likeness (QED) is 0.626. The molecule has 0 saturated carbocycles. The third-order valence-corrected chi connectivity index (χ3v) is 3.72. The van der Waals surface area contributed by atoms with Crippen molar-refractivity contribution in [2.45, 2.75) is 5.92 Å². The molecule has 0 aliphatic rings. The maximum atomic E-state index is 5.39. The molecule has 0 aliphatic heterocycles. The molecule has 1 nitrogen and oxygen atoms in total. The molecule has 0 radical (unpaired) electrons. The Labute approximate surface area is 137 Å². The second-order valence-corrected chi connectivity index (χ2v) is 5.22. The van der Waals surface area contributed by atoms with Crippen molar-refractivity contribution in [2.75, 3.05) is 7.11 Å². The van der Waals surface area contributed by atoms with Gasteiger partial charge in [0.05, 0.1) is 18.6 Å². The molecular formula is C22H18O. The van der Waals surface area contributed by atoms with Crippen LogP contribution in [-0.4, -0.2) is 7.11 Å². The molecule has 3 aromatic carbocycles. The van der Waals surface area contributed by atoms with Crippen LogP contribution in [0.3, 0.4) is 0 Å². The van der Waals surface area contributed by atoms with Gasteiger partial charge in [0, 0.05) is 0 Å². The van der Waals surface area contributed by atoms with Crippen molar-refractivity contribution in [3.63, 3.8) is 0 Å². The smallest absolute Gasteiger partial charge is 0.134 e. The van der Waals surface area contributed by atoms with Crippen LogP contribution in [0.15, 0.2) is 84.9 Å². The predicted molar refractivity (Wildman–Crippen MR) is 94.6 cm³/mol. The SMILES string of the molecule is COc1ccccc1C#CC(c1ccccc1)c1ccccc1. The van der Waals surface area contributed by atoms with Crippen LogP contribution in [0.5, 0.6) is 5.75 Å². The highest BCUT2D eigenvalue weighted by Gasteiger charge is 2.10. The van der Waals surface area contributed by atoms with Gasteiger partial charge in [0.25, 0.3) is 0 Å². The minimum Gasteiger partial charge on any atom is -0.495 e. The normalized spacial score (nSPS) is 10.0. The molecule has 0 saturated heterocycles. The average molecular weight is 298 g/mol. The maximum Gasteiger partial charge on any atom is 0.134 e. The summed E-state index contributed by atoms with van der Waals surface area (Å²) in [5.41, 5.74) is 3.30. The van der Waals surface area contributed by atoms with Crippen molar-refractivity contribution in [3.05, 3.63) is 102 Å². The van der Waals surface area contributed by atoms with Crippen LogP contribution in [-0.2, 0) is 0 Å². The topological polar surface area (TPSA) is 9.23 Å². The molecule has 0 N–H and O–H groups in total. The fourth-order valence-corrected chi connectivity index (χ4v) is 2.55. The van der Waals surface area contributed by atoms with Crippen molar-refractivity contribution < 1.29 is 4.74 Å². The number of para-hydroxylation sites is 1. The lowest BCUT2D eigenvalue weighted by molar-refractivity contribution is 0.413. The van der Waals surface area contributed by atoms with E-state index in [0.717, 1.165) is 11.3 Å². The van der Waals surface area contributed by atoms with Crippen LogP contribution in [0.2, 0.25) is 0 Å². The maximum absolute atomic E-state index is 5.39. The lowest BCUT2D eigenvalue weighted by Crippen LogP contribution is -1.98. The Kier molecular flexibility index (Phi) is 4.76. The summed E-state index contributed by atoms with van der Waals surface area (Å²) in [5.74, 6) is 7.55. The van der Waals surface area contributed by atoms with Gasteiger partial charge < -0.3 is 4.74 Å². The van der Waals surface area contributed by atoms with Crippen LogP contribution in [0.4, 0.5) is 0 Å². The summed E-state index contributed by atoms with van der Waals surface area (Å²) in [6.45, 7) is 0. The van der Waals surface area contributed by atoms with E-state index in [1.807, 2.05) is 36.4 Å². The zero-order valence-corrected chi connectivity index (χ0v) is 13.1. The standard InChI is InChI=1S/C22H18O/c1-23-22-15-9-8-14-20(22)16-17-21(18-10-4-2-5-11-18)19-12-6-3-7-13-19/h2-15,21H,1H3. The second kappa shape index (κ2) is 7.33. The van der Waals surface area contributed by atoms with Gasteiger partial charge in [0.1, 0.15) is 5.75 Å². The van der Waals surface area contributed by atoms with E-state index in [-0.39, 0.29) is 5.92 Å². The molecule has 3 aromatic rings. The molecule has 0 atom stereocenters. The van der Waals surface area contributed by atoms with Gasteiger partial charge in [-0.2, -0.15) is 0 Å². The Hall–Kier alpha value is -2.98. The van der Waals surface area contributed by atoms with Crippen molar-refractivity contribution in [2.24, 2.45) is 0 Å². The Morgan fingerprint density at radius 3 is 1.78 bits per heavy atom. The summed E-state index contributed by atoms with van der Waals surface area (Å²) in [7, 11) is 1.67. The molecule has 0 aromatic heterocycles. The van der Waals surface area contributed by atoms with Crippen LogP contribution >= 0.6 is 0 Å². The lowest BCUT2D eigenvalue weighted by Gasteiger charge is -2.11. The van der Waals surface area contributed by atoms with E-state index in [1.54, 1.807) is 7.11 Å². The van der Waals surface area contributed by atoms with Gasteiger partial charge in [-0.15, -0.1) is 0 Å². The summed E-state index contributed by atoms with van der Waals surface area (Å²) >= 11 is 0. The second-order valence-electron chi connectivity index (χ2n) is 5.22. The number of hydrogen-bond donors (Lipinski definition) is 0. The molecule has 23 heavy (non-hydrogen) atoms. The van der Waals surface area contributed by atoms with E-state index in [9.17, 15) is 0 Å². The molecule has 0 spiro atoms. The van der Waals surface area contributed by atoms with E-state index < -0.39 is 0 Å². The monoisotopic (exact) mass is 298 g/mol. The molecule has 0 fully saturated rings. The molecule has 0 bridgehead atoms. The lowest BCUT2D eigenvalue weighted by atomic mass is 9.91. The summed E-state index contributed by atoms with van der Waals surface area (Å²) in [6, 6.07) is 28.6. The highest BCUT2D eigenvalue weighted by atomic mass is 16.5. The summed E-state index contributed by atoms with van der Waals surface area (Å²) in [5, 5.41) is 0. The Morgan fingerprint density at radius 2 is 1.22 bits per heavy atom. The first kappa shape index (κ1) is 14.9. The zero-order valence-electron chi connectivity index (χ0n) is 13.1. The minimum absolute atomic E-state index is 0.0438. The highest BCUT2D eigenvalue weighted by Crippen LogP contribution is 2.24. The first-order valence-electron chi connectivity index (χ1n) is 7.63. The Bertz CT molecular complexity index is 771. The average Bonchev–Trinajstić information content (AvgIpc) is 2.64. The van der Waals surface area contributed by atoms with Crippen molar-refractivity contribution in [1.29, 1.82) is 0 Å². The van der Waals surface area contributed by atoms with Crippen LogP contribution < -0.4 is 4.74 Å². The molecule has 1 heteroatoms. The summed E-state index contributed by atoms with van der Waals surface area (Å²) < 4.78 is 5.39. The van der Waals surface area contributed by atoms with Crippen molar-refractivity contribution >= 4 is 0 Å². The summed E-state index contributed by atoms with van der Waals surface area (Å²) in [4.78, 5) is 0. The van der Waals surface area contributed by atoms with Gasteiger partial charge in [-0.1, -0.05) is 84.6 Å². The van der Waals surface area contributed by atoms with E-state index in [1.165, 1.54) is 11.1 Å². The van der Waals surface area contributed by atoms with E-state index in [0.29, 0.717) is 0 Å². The largest absolute Gasteiger partial charge is 0.495 e. The molecule has 0 unspecified atom stereocenters. The van der Waals surface area contributed by atoms with E-state index >= 15 is 0 Å². The van der Waals surface area contributed by atoms with E-state index in [4.69, 9.17) is 4.74 Å². The fraction of sp³-hybridized carbons (Fsp3) is 0.0909. The highest BCUT2D eigenvalue weighted by molar-refractivity contribution is 5.49. The molecule has 0 aliphatic carbocycles. The third kappa shape index (κ3) is 3.62. The molecule has 0 amide bonds.